The van der Waals surface area contributed by atoms with Crippen molar-refractivity contribution in [2.45, 2.75) is 58.3 Å². The van der Waals surface area contributed by atoms with E-state index in [9.17, 15) is 36.6 Å². The first kappa shape index (κ1) is 33.6. The summed E-state index contributed by atoms with van der Waals surface area (Å²) in [5, 5.41) is 17.1. The zero-order valence-corrected chi connectivity index (χ0v) is 25.0. The highest BCUT2D eigenvalue weighted by Crippen LogP contribution is 2.39. The number of halogens is 5. The van der Waals surface area contributed by atoms with Gasteiger partial charge in [-0.15, -0.1) is 0 Å². The molecule has 0 bridgehead atoms. The normalized spacial score (nSPS) is 15.6. The Labute approximate surface area is 254 Å². The van der Waals surface area contributed by atoms with E-state index in [-0.39, 0.29) is 35.5 Å². The lowest BCUT2D eigenvalue weighted by atomic mass is 10.1. The number of anilines is 2. The Balaban J connectivity index is 1.30. The molecule has 3 heterocycles. The number of carbonyl (C=O) groups excluding carboxylic acids is 2. The minimum absolute atomic E-state index is 0.0837. The largest absolute Gasteiger partial charge is 0.456 e. The molecule has 0 spiro atoms. The number of carbonyl (C=O) groups is 2. The Morgan fingerprint density at radius 2 is 1.73 bits per heavy atom. The van der Waals surface area contributed by atoms with Crippen molar-refractivity contribution in [1.29, 1.82) is 0 Å². The van der Waals surface area contributed by atoms with Crippen LogP contribution in [0.4, 0.5) is 38.4 Å². The maximum absolute atomic E-state index is 14.1. The van der Waals surface area contributed by atoms with Gasteiger partial charge in [-0.25, -0.2) is 23.5 Å². The first-order valence-corrected chi connectivity index (χ1v) is 14.0. The van der Waals surface area contributed by atoms with E-state index in [1.54, 1.807) is 25.7 Å². The molecule has 1 fully saturated rings. The summed E-state index contributed by atoms with van der Waals surface area (Å²) in [6, 6.07) is -1.20. The summed E-state index contributed by atoms with van der Waals surface area (Å²) >= 11 is 0. The third-order valence-corrected chi connectivity index (χ3v) is 6.77. The number of rotatable bonds is 9. The molecule has 1 aliphatic rings. The van der Waals surface area contributed by atoms with Gasteiger partial charge in [-0.1, -0.05) is 0 Å². The van der Waals surface area contributed by atoms with Gasteiger partial charge in [0.15, 0.2) is 23.8 Å². The maximum atomic E-state index is 14.1. The SMILES string of the molecule is Cc1c([C@@H](NC(O)Nc2cnc(N3CCN(C(=O)CCNC(=O)OC(C)(C)C)CC3)nc2)C(F)(F)F)oc2c(F)cc(F)cc12. The van der Waals surface area contributed by atoms with Crippen LogP contribution in [-0.2, 0) is 9.53 Å². The van der Waals surface area contributed by atoms with Crippen molar-refractivity contribution >= 4 is 34.6 Å². The van der Waals surface area contributed by atoms with Crippen molar-refractivity contribution in [2.75, 3.05) is 42.9 Å². The van der Waals surface area contributed by atoms with E-state index >= 15 is 0 Å². The second kappa shape index (κ2) is 13.4. The molecule has 246 valence electrons. The number of hydrogen-bond acceptors (Lipinski definition) is 10. The molecule has 12 nitrogen and oxygen atoms in total. The molecule has 0 saturated carbocycles. The standard InChI is InChI=1S/C28H34F5N7O5/c1-15-18-11-16(29)12-19(30)22(18)44-21(15)23(28(31,32)33)38-25(42)37-17-13-35-24(36-14-17)40-9-7-39(8-10-40)20(41)5-6-34-26(43)45-27(2,3)4/h11-14,23,25,37-38,42H,5-10H2,1-4H3,(H,34,43)/t23-,25?/m1/s1. The van der Waals surface area contributed by atoms with Crippen molar-refractivity contribution in [3.05, 3.63) is 47.5 Å². The lowest BCUT2D eigenvalue weighted by Crippen LogP contribution is -2.49. The number of furan rings is 1. The maximum Gasteiger partial charge on any atom is 0.411 e. The Kier molecular flexibility index (Phi) is 10.0. The minimum atomic E-state index is -4.98. The summed E-state index contributed by atoms with van der Waals surface area (Å²) < 4.78 is 80.0. The van der Waals surface area contributed by atoms with Gasteiger partial charge in [-0.3, -0.25) is 10.1 Å². The highest BCUT2D eigenvalue weighted by Gasteiger charge is 2.45. The Bertz CT molecular complexity index is 1500. The molecule has 1 saturated heterocycles. The van der Waals surface area contributed by atoms with Gasteiger partial charge in [0, 0.05) is 56.2 Å². The van der Waals surface area contributed by atoms with Gasteiger partial charge >= 0.3 is 12.3 Å². The summed E-state index contributed by atoms with van der Waals surface area (Å²) in [5.74, 6) is -2.69. The second-order valence-corrected chi connectivity index (χ2v) is 11.4. The molecule has 17 heteroatoms. The van der Waals surface area contributed by atoms with Crippen LogP contribution >= 0.6 is 0 Å². The molecular formula is C28H34F5N7O5. The fourth-order valence-corrected chi connectivity index (χ4v) is 4.67. The van der Waals surface area contributed by atoms with E-state index in [1.165, 1.54) is 19.3 Å². The third-order valence-electron chi connectivity index (χ3n) is 6.77. The lowest BCUT2D eigenvalue weighted by molar-refractivity contribution is -0.168. The number of hydrogen-bond donors (Lipinski definition) is 4. The van der Waals surface area contributed by atoms with Crippen LogP contribution in [0.3, 0.4) is 0 Å². The van der Waals surface area contributed by atoms with Crippen LogP contribution in [0.15, 0.2) is 28.9 Å². The highest BCUT2D eigenvalue weighted by molar-refractivity contribution is 5.83. The van der Waals surface area contributed by atoms with E-state index < -0.39 is 53.2 Å². The van der Waals surface area contributed by atoms with E-state index in [0.717, 1.165) is 6.07 Å². The van der Waals surface area contributed by atoms with Gasteiger partial charge in [-0.05, 0) is 33.8 Å². The van der Waals surface area contributed by atoms with E-state index in [0.29, 0.717) is 38.2 Å². The van der Waals surface area contributed by atoms with Gasteiger partial charge in [0.1, 0.15) is 17.2 Å². The number of nitrogens with zero attached hydrogens (tertiary/aromatic N) is 4. The number of nitrogens with one attached hydrogen (secondary N) is 3. The predicted octanol–water partition coefficient (Wildman–Crippen LogP) is 3.95. The molecule has 2 atom stereocenters. The molecule has 1 aromatic carbocycles. The topological polar surface area (TPSA) is 145 Å². The van der Waals surface area contributed by atoms with Crippen LogP contribution in [0.1, 0.15) is 44.6 Å². The molecule has 2 amide bonds. The van der Waals surface area contributed by atoms with Crippen LogP contribution in [0.5, 0.6) is 0 Å². The van der Waals surface area contributed by atoms with Crippen LogP contribution in [0, 0.1) is 18.6 Å². The number of aryl methyl sites for hydroxylation is 1. The number of alkyl carbamates (subject to hydrolysis) is 1. The van der Waals surface area contributed by atoms with Gasteiger partial charge in [-0.2, -0.15) is 13.2 Å². The molecule has 1 unspecified atom stereocenters. The first-order valence-electron chi connectivity index (χ1n) is 14.0. The summed E-state index contributed by atoms with van der Waals surface area (Å²) in [5.41, 5.74) is -1.24. The second-order valence-electron chi connectivity index (χ2n) is 11.4. The predicted molar refractivity (Wildman–Crippen MR) is 152 cm³/mol. The Morgan fingerprint density at radius 3 is 2.33 bits per heavy atom. The minimum Gasteiger partial charge on any atom is -0.456 e. The van der Waals surface area contributed by atoms with Gasteiger partial charge < -0.3 is 34.7 Å². The number of amides is 2. The number of aliphatic hydroxyl groups is 1. The average Bonchev–Trinajstić information content (AvgIpc) is 3.26. The zero-order chi connectivity index (χ0) is 33.1. The van der Waals surface area contributed by atoms with E-state index in [1.807, 2.05) is 10.2 Å². The number of ether oxygens (including phenoxy) is 1. The van der Waals surface area contributed by atoms with Crippen LogP contribution < -0.4 is 20.9 Å². The molecule has 1 aliphatic heterocycles. The number of aliphatic hydroxyl groups excluding tert-OH is 1. The van der Waals surface area contributed by atoms with E-state index in [2.05, 4.69) is 20.6 Å². The van der Waals surface area contributed by atoms with Crippen molar-refractivity contribution in [1.82, 2.24) is 25.5 Å². The van der Waals surface area contributed by atoms with Crippen LogP contribution in [-0.4, -0.2) is 82.8 Å². The monoisotopic (exact) mass is 643 g/mol. The molecule has 2 aromatic heterocycles. The van der Waals surface area contributed by atoms with Crippen LogP contribution in [0.2, 0.25) is 0 Å². The molecule has 0 radical (unpaired) electrons. The summed E-state index contributed by atoms with van der Waals surface area (Å²) in [7, 11) is 0. The summed E-state index contributed by atoms with van der Waals surface area (Å²) in [6.07, 6.45) is -4.92. The Hall–Kier alpha value is -4.25. The van der Waals surface area contributed by atoms with Crippen molar-refractivity contribution < 1.29 is 45.8 Å². The number of piperazine rings is 1. The van der Waals surface area contributed by atoms with Crippen molar-refractivity contribution in [3.63, 3.8) is 0 Å². The zero-order valence-electron chi connectivity index (χ0n) is 25.0. The number of benzene rings is 1. The Morgan fingerprint density at radius 1 is 1.09 bits per heavy atom. The van der Waals surface area contributed by atoms with Gasteiger partial charge in [0.05, 0.1) is 18.1 Å². The fraction of sp³-hybridized carbons (Fsp3) is 0.500. The molecule has 4 rings (SSSR count). The summed E-state index contributed by atoms with van der Waals surface area (Å²) in [6.45, 7) is 8.16. The number of aromatic nitrogens is 2. The first-order chi connectivity index (χ1) is 21.0. The quantitative estimate of drug-likeness (QED) is 0.200. The average molecular weight is 644 g/mol. The van der Waals surface area contributed by atoms with E-state index in [4.69, 9.17) is 9.15 Å². The van der Waals surface area contributed by atoms with Gasteiger partial charge in [0.2, 0.25) is 11.9 Å². The third kappa shape index (κ3) is 8.69. The molecular weight excluding hydrogens is 609 g/mol. The van der Waals surface area contributed by atoms with Crippen molar-refractivity contribution in [3.8, 4) is 0 Å². The fourth-order valence-electron chi connectivity index (χ4n) is 4.67. The number of alkyl halides is 3. The summed E-state index contributed by atoms with van der Waals surface area (Å²) in [4.78, 5) is 36.1. The smallest absolute Gasteiger partial charge is 0.411 e. The molecule has 3 aromatic rings. The molecule has 45 heavy (non-hydrogen) atoms. The highest BCUT2D eigenvalue weighted by atomic mass is 19.4. The van der Waals surface area contributed by atoms with Gasteiger partial charge in [0.25, 0.3) is 0 Å². The van der Waals surface area contributed by atoms with Crippen LogP contribution in [0.25, 0.3) is 11.0 Å². The molecule has 0 aliphatic carbocycles. The number of fused-ring (bicyclic) bond motifs is 1. The lowest BCUT2D eigenvalue weighted by Gasteiger charge is -2.34. The van der Waals surface area contributed by atoms with Crippen molar-refractivity contribution in [2.24, 2.45) is 0 Å². The molecule has 4 N–H and O–H groups in total.